The van der Waals surface area contributed by atoms with Crippen LogP contribution in [0.3, 0.4) is 0 Å². The highest BCUT2D eigenvalue weighted by Crippen LogP contribution is 2.43. The molecule has 1 unspecified atom stereocenters. The Morgan fingerprint density at radius 3 is 2.24 bits per heavy atom. The molecule has 1 heterocycles. The van der Waals surface area contributed by atoms with Crippen molar-refractivity contribution < 1.29 is 28.9 Å². The zero-order valence-corrected chi connectivity index (χ0v) is 21.4. The minimum absolute atomic E-state index is 0.00277. The van der Waals surface area contributed by atoms with Crippen molar-refractivity contribution in [2.75, 3.05) is 18.6 Å². The normalized spacial score (nSPS) is 16.8. The van der Waals surface area contributed by atoms with E-state index in [0.29, 0.717) is 40.7 Å². The molecule has 192 valence electrons. The van der Waals surface area contributed by atoms with Gasteiger partial charge >= 0.3 is 0 Å². The summed E-state index contributed by atoms with van der Waals surface area (Å²) in [6, 6.07) is 20.1. The van der Waals surface area contributed by atoms with Gasteiger partial charge in [-0.3, -0.25) is 14.5 Å². The van der Waals surface area contributed by atoms with Crippen molar-refractivity contribution in [3.05, 3.63) is 89.5 Å². The molecule has 3 aromatic rings. The van der Waals surface area contributed by atoms with E-state index in [0.717, 1.165) is 6.42 Å². The SMILES string of the molecule is CCCOc1ccc(/C(O)=C2/C(=O)C(=O)N(c3ccc(OC(C)C)cc3)C2c2cccc(OC)c2)cc1. The van der Waals surface area contributed by atoms with Gasteiger partial charge in [-0.2, -0.15) is 0 Å². The summed E-state index contributed by atoms with van der Waals surface area (Å²) in [5, 5.41) is 11.3. The molecule has 4 rings (SSSR count). The lowest BCUT2D eigenvalue weighted by Gasteiger charge is -2.26. The van der Waals surface area contributed by atoms with Crippen molar-refractivity contribution in [3.8, 4) is 17.2 Å². The van der Waals surface area contributed by atoms with Crippen LogP contribution < -0.4 is 19.1 Å². The van der Waals surface area contributed by atoms with E-state index in [2.05, 4.69) is 0 Å². The maximum Gasteiger partial charge on any atom is 0.300 e. The summed E-state index contributed by atoms with van der Waals surface area (Å²) in [5.74, 6) is 0.135. The fraction of sp³-hybridized carbons (Fsp3) is 0.267. The summed E-state index contributed by atoms with van der Waals surface area (Å²) in [5.41, 5.74) is 1.55. The number of aliphatic hydroxyl groups is 1. The van der Waals surface area contributed by atoms with E-state index < -0.39 is 17.7 Å². The van der Waals surface area contributed by atoms with E-state index in [-0.39, 0.29) is 17.4 Å². The van der Waals surface area contributed by atoms with Crippen LogP contribution in [-0.2, 0) is 9.59 Å². The minimum atomic E-state index is -0.858. The predicted molar refractivity (Wildman–Crippen MR) is 142 cm³/mol. The summed E-state index contributed by atoms with van der Waals surface area (Å²) in [4.78, 5) is 28.2. The highest BCUT2D eigenvalue weighted by molar-refractivity contribution is 6.51. The topological polar surface area (TPSA) is 85.3 Å². The first kappa shape index (κ1) is 25.8. The van der Waals surface area contributed by atoms with Crippen LogP contribution in [0.25, 0.3) is 5.76 Å². The lowest BCUT2D eigenvalue weighted by molar-refractivity contribution is -0.132. The number of rotatable bonds is 9. The average molecular weight is 502 g/mol. The van der Waals surface area contributed by atoms with E-state index in [4.69, 9.17) is 14.2 Å². The van der Waals surface area contributed by atoms with E-state index in [1.807, 2.05) is 20.8 Å². The Bertz CT molecular complexity index is 1290. The van der Waals surface area contributed by atoms with Crippen molar-refractivity contribution >= 4 is 23.1 Å². The average Bonchev–Trinajstić information content (AvgIpc) is 3.17. The van der Waals surface area contributed by atoms with Gasteiger partial charge in [0.25, 0.3) is 11.7 Å². The highest BCUT2D eigenvalue weighted by Gasteiger charge is 2.47. The van der Waals surface area contributed by atoms with Gasteiger partial charge in [-0.1, -0.05) is 19.1 Å². The molecular formula is C30H31NO6. The van der Waals surface area contributed by atoms with E-state index in [1.54, 1.807) is 79.9 Å². The molecule has 1 N–H and O–H groups in total. The smallest absolute Gasteiger partial charge is 0.300 e. The fourth-order valence-electron chi connectivity index (χ4n) is 4.27. The number of hydrogen-bond donors (Lipinski definition) is 1. The number of carbonyl (C=O) groups excluding carboxylic acids is 2. The van der Waals surface area contributed by atoms with Crippen LogP contribution in [0, 0.1) is 0 Å². The molecule has 7 nitrogen and oxygen atoms in total. The number of ether oxygens (including phenoxy) is 3. The Morgan fingerprint density at radius 1 is 0.946 bits per heavy atom. The van der Waals surface area contributed by atoms with Crippen molar-refractivity contribution in [2.45, 2.75) is 39.3 Å². The van der Waals surface area contributed by atoms with Crippen LogP contribution in [0.4, 0.5) is 5.69 Å². The summed E-state index contributed by atoms with van der Waals surface area (Å²) in [6.45, 7) is 6.45. The minimum Gasteiger partial charge on any atom is -0.507 e. The molecular weight excluding hydrogens is 470 g/mol. The maximum absolute atomic E-state index is 13.4. The van der Waals surface area contributed by atoms with Gasteiger partial charge in [-0.15, -0.1) is 0 Å². The molecule has 0 radical (unpaired) electrons. The monoisotopic (exact) mass is 501 g/mol. The summed E-state index contributed by atoms with van der Waals surface area (Å²) in [6.07, 6.45) is 0.867. The van der Waals surface area contributed by atoms with Gasteiger partial charge < -0.3 is 19.3 Å². The third-order valence-corrected chi connectivity index (χ3v) is 5.94. The number of hydrogen-bond acceptors (Lipinski definition) is 6. The zero-order valence-electron chi connectivity index (χ0n) is 21.4. The van der Waals surface area contributed by atoms with Crippen LogP contribution in [0.1, 0.15) is 44.4 Å². The molecule has 1 atom stereocenters. The summed E-state index contributed by atoms with van der Waals surface area (Å²) >= 11 is 0. The largest absolute Gasteiger partial charge is 0.507 e. The number of amides is 1. The number of anilines is 1. The molecule has 0 spiro atoms. The molecule has 1 fully saturated rings. The Morgan fingerprint density at radius 2 is 1.62 bits per heavy atom. The molecule has 0 saturated carbocycles. The van der Waals surface area contributed by atoms with Crippen LogP contribution >= 0.6 is 0 Å². The molecule has 1 saturated heterocycles. The van der Waals surface area contributed by atoms with Gasteiger partial charge in [0.15, 0.2) is 0 Å². The summed E-state index contributed by atoms with van der Waals surface area (Å²) in [7, 11) is 1.55. The fourth-order valence-corrected chi connectivity index (χ4v) is 4.27. The molecule has 1 amide bonds. The van der Waals surface area contributed by atoms with E-state index >= 15 is 0 Å². The molecule has 0 aromatic heterocycles. The van der Waals surface area contributed by atoms with Gasteiger partial charge in [0.2, 0.25) is 0 Å². The Kier molecular flexibility index (Phi) is 7.82. The van der Waals surface area contributed by atoms with Crippen molar-refractivity contribution in [1.29, 1.82) is 0 Å². The number of nitrogens with zero attached hydrogens (tertiary/aromatic N) is 1. The molecule has 1 aliphatic rings. The lowest BCUT2D eigenvalue weighted by Crippen LogP contribution is -2.29. The number of methoxy groups -OCH3 is 1. The second-order valence-corrected chi connectivity index (χ2v) is 8.98. The van der Waals surface area contributed by atoms with Crippen molar-refractivity contribution in [3.63, 3.8) is 0 Å². The van der Waals surface area contributed by atoms with E-state index in [1.165, 1.54) is 4.90 Å². The molecule has 0 bridgehead atoms. The second-order valence-electron chi connectivity index (χ2n) is 8.98. The molecule has 37 heavy (non-hydrogen) atoms. The van der Waals surface area contributed by atoms with Gasteiger partial charge in [-0.05, 0) is 86.5 Å². The van der Waals surface area contributed by atoms with Crippen LogP contribution in [0.5, 0.6) is 17.2 Å². The lowest BCUT2D eigenvalue weighted by atomic mass is 9.95. The Hall–Kier alpha value is -4.26. The van der Waals surface area contributed by atoms with Gasteiger partial charge in [-0.25, -0.2) is 0 Å². The maximum atomic E-state index is 13.4. The standard InChI is InChI=1S/C30H31NO6/c1-5-17-36-23-13-9-20(10-14-23)28(32)26-27(21-7-6-8-25(18-21)35-4)31(30(34)29(26)33)22-11-15-24(16-12-22)37-19(2)3/h6-16,18-19,27,32H,5,17H2,1-4H3/b28-26-. The molecule has 7 heteroatoms. The molecule has 3 aromatic carbocycles. The predicted octanol–water partition coefficient (Wildman–Crippen LogP) is 5.90. The van der Waals surface area contributed by atoms with Crippen LogP contribution in [0.15, 0.2) is 78.4 Å². The highest BCUT2D eigenvalue weighted by atomic mass is 16.5. The summed E-state index contributed by atoms with van der Waals surface area (Å²) < 4.78 is 16.7. The Labute approximate surface area is 216 Å². The Balaban J connectivity index is 1.82. The van der Waals surface area contributed by atoms with Crippen LogP contribution in [-0.4, -0.2) is 36.6 Å². The quantitative estimate of drug-likeness (QED) is 0.223. The zero-order chi connectivity index (χ0) is 26.5. The van der Waals surface area contributed by atoms with Gasteiger partial charge in [0.05, 0.1) is 31.4 Å². The number of Topliss-reactive ketones (excluding diaryl/α,β-unsaturated/α-hetero) is 1. The number of aliphatic hydroxyl groups excluding tert-OH is 1. The first-order valence-corrected chi connectivity index (χ1v) is 12.3. The van der Waals surface area contributed by atoms with E-state index in [9.17, 15) is 14.7 Å². The third-order valence-electron chi connectivity index (χ3n) is 5.94. The molecule has 1 aliphatic heterocycles. The number of benzene rings is 3. The first-order valence-electron chi connectivity index (χ1n) is 12.3. The van der Waals surface area contributed by atoms with Crippen molar-refractivity contribution in [2.24, 2.45) is 0 Å². The number of carbonyl (C=O) groups is 2. The van der Waals surface area contributed by atoms with Gasteiger partial charge in [0, 0.05) is 11.3 Å². The third kappa shape index (κ3) is 5.45. The van der Waals surface area contributed by atoms with Crippen LogP contribution in [0.2, 0.25) is 0 Å². The van der Waals surface area contributed by atoms with Gasteiger partial charge in [0.1, 0.15) is 23.0 Å². The number of ketones is 1. The second kappa shape index (κ2) is 11.2. The molecule has 0 aliphatic carbocycles. The first-order chi connectivity index (χ1) is 17.8. The van der Waals surface area contributed by atoms with Crippen molar-refractivity contribution in [1.82, 2.24) is 0 Å².